The lowest BCUT2D eigenvalue weighted by atomic mass is 10.5. The first kappa shape index (κ1) is 11.5. The fourth-order valence-electron chi connectivity index (χ4n) is 0.449. The zero-order valence-electron chi connectivity index (χ0n) is 5.67. The summed E-state index contributed by atoms with van der Waals surface area (Å²) in [5.74, 6) is -3.92. The SMILES string of the molecule is O=C(CS(=O)(=O)O)CS(=O)(=O)O. The molecule has 0 fully saturated rings. The lowest BCUT2D eigenvalue weighted by Crippen LogP contribution is -2.22. The van der Waals surface area contributed by atoms with E-state index >= 15 is 0 Å². The molecule has 0 aliphatic carbocycles. The van der Waals surface area contributed by atoms with E-state index in [1.807, 2.05) is 0 Å². The van der Waals surface area contributed by atoms with Gasteiger partial charge in [-0.3, -0.25) is 13.9 Å². The van der Waals surface area contributed by atoms with Gasteiger partial charge < -0.3 is 0 Å². The van der Waals surface area contributed by atoms with Gasteiger partial charge in [-0.2, -0.15) is 16.8 Å². The van der Waals surface area contributed by atoms with Crippen LogP contribution in [0.3, 0.4) is 0 Å². The Labute approximate surface area is 68.9 Å². The Bertz CT molecular complexity index is 323. The highest BCUT2D eigenvalue weighted by molar-refractivity contribution is 7.88. The van der Waals surface area contributed by atoms with Gasteiger partial charge in [-0.05, 0) is 0 Å². The van der Waals surface area contributed by atoms with Gasteiger partial charge in [0.15, 0.2) is 5.78 Å². The molecule has 0 saturated carbocycles. The Hall–Kier alpha value is -0.510. The summed E-state index contributed by atoms with van der Waals surface area (Å²) in [5, 5.41) is 0. The van der Waals surface area contributed by atoms with Crippen LogP contribution in [0.5, 0.6) is 0 Å². The molecular formula is C3H6O7S2. The highest BCUT2D eigenvalue weighted by Crippen LogP contribution is 1.88. The minimum atomic E-state index is -4.52. The van der Waals surface area contributed by atoms with E-state index in [2.05, 4.69) is 0 Å². The summed E-state index contributed by atoms with van der Waals surface area (Å²) in [6.07, 6.45) is 0. The summed E-state index contributed by atoms with van der Waals surface area (Å²) in [6, 6.07) is 0. The molecule has 0 spiro atoms. The zero-order chi connectivity index (χ0) is 9.99. The molecule has 0 aliphatic heterocycles. The van der Waals surface area contributed by atoms with E-state index in [4.69, 9.17) is 9.11 Å². The van der Waals surface area contributed by atoms with Crippen molar-refractivity contribution in [3.63, 3.8) is 0 Å². The van der Waals surface area contributed by atoms with E-state index in [-0.39, 0.29) is 0 Å². The van der Waals surface area contributed by atoms with Gasteiger partial charge in [0.1, 0.15) is 11.5 Å². The van der Waals surface area contributed by atoms with Crippen molar-refractivity contribution in [3.8, 4) is 0 Å². The predicted octanol–water partition coefficient (Wildman–Crippen LogP) is -1.67. The second-order valence-corrected chi connectivity index (χ2v) is 4.90. The summed E-state index contributed by atoms with van der Waals surface area (Å²) in [6.45, 7) is 0. The molecule has 0 aromatic rings. The average Bonchev–Trinajstić information content (AvgIpc) is 1.49. The second-order valence-electron chi connectivity index (χ2n) is 1.99. The van der Waals surface area contributed by atoms with E-state index in [9.17, 15) is 21.6 Å². The van der Waals surface area contributed by atoms with Gasteiger partial charge in [0.25, 0.3) is 20.2 Å². The number of hydrogen-bond acceptors (Lipinski definition) is 5. The van der Waals surface area contributed by atoms with Crippen LogP contribution in [0, 0.1) is 0 Å². The first-order valence-electron chi connectivity index (χ1n) is 2.52. The molecule has 0 saturated heterocycles. The molecule has 7 nitrogen and oxygen atoms in total. The largest absolute Gasteiger partial charge is 0.297 e. The number of carbonyl (C=O) groups is 1. The van der Waals surface area contributed by atoms with Crippen LogP contribution in [-0.2, 0) is 25.0 Å². The van der Waals surface area contributed by atoms with Crippen molar-refractivity contribution < 1.29 is 30.7 Å². The molecule has 0 unspecified atom stereocenters. The summed E-state index contributed by atoms with van der Waals surface area (Å²) < 4.78 is 56.1. The Morgan fingerprint density at radius 1 is 0.917 bits per heavy atom. The van der Waals surface area contributed by atoms with E-state index in [0.717, 1.165) is 0 Å². The quantitative estimate of drug-likeness (QED) is 0.540. The maximum Gasteiger partial charge on any atom is 0.272 e. The molecule has 0 aromatic carbocycles. The summed E-state index contributed by atoms with van der Waals surface area (Å²) >= 11 is 0. The third kappa shape index (κ3) is 7.60. The Kier molecular flexibility index (Phi) is 3.33. The van der Waals surface area contributed by atoms with Gasteiger partial charge in [0.2, 0.25) is 0 Å². The Balaban J connectivity index is 4.30. The lowest BCUT2D eigenvalue weighted by Gasteiger charge is -1.94. The second kappa shape index (κ2) is 3.47. The smallest absolute Gasteiger partial charge is 0.272 e. The van der Waals surface area contributed by atoms with Crippen molar-refractivity contribution >= 4 is 26.0 Å². The summed E-state index contributed by atoms with van der Waals surface area (Å²) in [5.41, 5.74) is 0. The van der Waals surface area contributed by atoms with Crippen molar-refractivity contribution in [2.45, 2.75) is 0 Å². The van der Waals surface area contributed by atoms with Crippen molar-refractivity contribution in [1.29, 1.82) is 0 Å². The van der Waals surface area contributed by atoms with Crippen LogP contribution in [0.2, 0.25) is 0 Å². The fraction of sp³-hybridized carbons (Fsp3) is 0.667. The summed E-state index contributed by atoms with van der Waals surface area (Å²) in [4.78, 5) is 10.4. The monoisotopic (exact) mass is 218 g/mol. The molecule has 0 radical (unpaired) electrons. The minimum Gasteiger partial charge on any atom is -0.297 e. The van der Waals surface area contributed by atoms with Crippen molar-refractivity contribution in [3.05, 3.63) is 0 Å². The number of Topliss-reactive ketones (excluding diaryl/α,β-unsaturated/α-hetero) is 1. The highest BCUT2D eigenvalue weighted by atomic mass is 32.2. The zero-order valence-corrected chi connectivity index (χ0v) is 7.30. The van der Waals surface area contributed by atoms with Crippen LogP contribution in [-0.4, -0.2) is 43.2 Å². The number of rotatable bonds is 4. The van der Waals surface area contributed by atoms with Crippen LogP contribution in [0.15, 0.2) is 0 Å². The number of carbonyl (C=O) groups excluding carboxylic acids is 1. The lowest BCUT2D eigenvalue weighted by molar-refractivity contribution is -0.114. The molecule has 0 bridgehead atoms. The Morgan fingerprint density at radius 3 is 1.33 bits per heavy atom. The van der Waals surface area contributed by atoms with Gasteiger partial charge >= 0.3 is 0 Å². The van der Waals surface area contributed by atoms with Gasteiger partial charge in [-0.25, -0.2) is 0 Å². The molecule has 0 aliphatic rings. The standard InChI is InChI=1S/C3H6O7S2/c4-3(1-11(5,6)7)2-12(8,9)10/h1-2H2,(H,5,6,7)(H,8,9,10). The van der Waals surface area contributed by atoms with Gasteiger partial charge in [0.05, 0.1) is 0 Å². The topological polar surface area (TPSA) is 126 Å². The molecule has 0 rings (SSSR count). The van der Waals surface area contributed by atoms with E-state index in [1.165, 1.54) is 0 Å². The van der Waals surface area contributed by atoms with Crippen LogP contribution < -0.4 is 0 Å². The first-order chi connectivity index (χ1) is 5.10. The summed E-state index contributed by atoms with van der Waals surface area (Å²) in [7, 11) is -9.04. The van der Waals surface area contributed by atoms with Gasteiger partial charge in [0, 0.05) is 0 Å². The molecule has 0 aromatic heterocycles. The minimum absolute atomic E-state index is 1.29. The molecule has 0 heterocycles. The maximum atomic E-state index is 10.4. The predicted molar refractivity (Wildman–Crippen MR) is 37.8 cm³/mol. The van der Waals surface area contributed by atoms with Crippen molar-refractivity contribution in [1.82, 2.24) is 0 Å². The number of ketones is 1. The average molecular weight is 218 g/mol. The van der Waals surface area contributed by atoms with Crippen LogP contribution in [0.25, 0.3) is 0 Å². The molecule has 0 atom stereocenters. The van der Waals surface area contributed by atoms with E-state index < -0.39 is 37.5 Å². The molecule has 2 N–H and O–H groups in total. The molecule has 9 heteroatoms. The normalized spacial score (nSPS) is 12.8. The molecular weight excluding hydrogens is 212 g/mol. The van der Waals surface area contributed by atoms with Crippen LogP contribution in [0.1, 0.15) is 0 Å². The number of hydrogen-bond donors (Lipinski definition) is 2. The third-order valence-electron chi connectivity index (χ3n) is 0.687. The molecule has 72 valence electrons. The fourth-order valence-corrected chi connectivity index (χ4v) is 1.60. The van der Waals surface area contributed by atoms with Crippen molar-refractivity contribution in [2.75, 3.05) is 11.5 Å². The molecule has 12 heavy (non-hydrogen) atoms. The maximum absolute atomic E-state index is 10.4. The van der Waals surface area contributed by atoms with Gasteiger partial charge in [-0.1, -0.05) is 0 Å². The Morgan fingerprint density at radius 2 is 1.17 bits per heavy atom. The van der Waals surface area contributed by atoms with E-state index in [0.29, 0.717) is 0 Å². The van der Waals surface area contributed by atoms with Gasteiger partial charge in [-0.15, -0.1) is 0 Å². The van der Waals surface area contributed by atoms with Crippen molar-refractivity contribution in [2.24, 2.45) is 0 Å². The van der Waals surface area contributed by atoms with Crippen LogP contribution in [0.4, 0.5) is 0 Å². The van der Waals surface area contributed by atoms with Crippen LogP contribution >= 0.6 is 0 Å². The van der Waals surface area contributed by atoms with E-state index in [1.54, 1.807) is 0 Å². The third-order valence-corrected chi connectivity index (χ3v) is 2.06. The molecule has 0 amide bonds. The highest BCUT2D eigenvalue weighted by Gasteiger charge is 2.18. The first-order valence-corrected chi connectivity index (χ1v) is 5.74.